The third-order valence-corrected chi connectivity index (χ3v) is 5.42. The van der Waals surface area contributed by atoms with Gasteiger partial charge in [0.25, 0.3) is 0 Å². The first-order valence-electron chi connectivity index (χ1n) is 9.10. The smallest absolute Gasteiger partial charge is 0.309 e. The Balaban J connectivity index is 1.84. The molecule has 0 aliphatic heterocycles. The highest BCUT2D eigenvalue weighted by Gasteiger charge is 2.42. The van der Waals surface area contributed by atoms with E-state index in [2.05, 4.69) is 38.3 Å². The van der Waals surface area contributed by atoms with E-state index in [-0.39, 0.29) is 17.0 Å². The van der Waals surface area contributed by atoms with E-state index in [4.69, 9.17) is 0 Å². The van der Waals surface area contributed by atoms with Crippen molar-refractivity contribution in [3.05, 3.63) is 0 Å². The highest BCUT2D eigenvalue weighted by Crippen LogP contribution is 2.49. The standard InChI is InChI=1S/C19H34N2O2/c1-12(15-10-13-7-8-14(15)9-13)20-16(22)17(23)21-19(5,6)11-18(2,3)4/h12-15H,7-11H2,1-6H3,(H,20,22)(H,21,23). The lowest BCUT2D eigenvalue weighted by Gasteiger charge is -2.33. The van der Waals surface area contributed by atoms with Crippen LogP contribution in [0, 0.1) is 23.2 Å². The van der Waals surface area contributed by atoms with E-state index in [0.29, 0.717) is 5.92 Å². The van der Waals surface area contributed by atoms with E-state index < -0.39 is 11.8 Å². The minimum atomic E-state index is -0.505. The highest BCUT2D eigenvalue weighted by molar-refractivity contribution is 6.35. The number of amides is 2. The van der Waals surface area contributed by atoms with Crippen LogP contribution in [0.25, 0.3) is 0 Å². The fourth-order valence-corrected chi connectivity index (χ4v) is 5.02. The molecular formula is C19H34N2O2. The Morgan fingerprint density at radius 2 is 1.70 bits per heavy atom. The van der Waals surface area contributed by atoms with Gasteiger partial charge in [0.05, 0.1) is 0 Å². The molecule has 0 heterocycles. The normalized spacial score (nSPS) is 28.5. The van der Waals surface area contributed by atoms with Gasteiger partial charge in [-0.2, -0.15) is 0 Å². The van der Waals surface area contributed by atoms with Gasteiger partial charge in [0.1, 0.15) is 0 Å². The fraction of sp³-hybridized carbons (Fsp3) is 0.895. The van der Waals surface area contributed by atoms with Crippen molar-refractivity contribution >= 4 is 11.8 Å². The number of hydrogen-bond donors (Lipinski definition) is 2. The molecule has 4 nitrogen and oxygen atoms in total. The Hall–Kier alpha value is -1.06. The zero-order valence-corrected chi connectivity index (χ0v) is 15.7. The van der Waals surface area contributed by atoms with Crippen LogP contribution in [0.4, 0.5) is 0 Å². The van der Waals surface area contributed by atoms with Crippen molar-refractivity contribution in [3.63, 3.8) is 0 Å². The second-order valence-electron chi connectivity index (χ2n) is 9.68. The minimum absolute atomic E-state index is 0.0919. The van der Waals surface area contributed by atoms with Crippen molar-refractivity contribution < 1.29 is 9.59 Å². The summed E-state index contributed by atoms with van der Waals surface area (Å²) in [4.78, 5) is 24.5. The summed E-state index contributed by atoms with van der Waals surface area (Å²) in [7, 11) is 0. The summed E-state index contributed by atoms with van der Waals surface area (Å²) >= 11 is 0. The number of rotatable bonds is 4. The van der Waals surface area contributed by atoms with Crippen LogP contribution in [-0.2, 0) is 9.59 Å². The maximum Gasteiger partial charge on any atom is 0.309 e. The van der Waals surface area contributed by atoms with Gasteiger partial charge in [0.15, 0.2) is 0 Å². The maximum absolute atomic E-state index is 12.2. The molecule has 23 heavy (non-hydrogen) atoms. The molecule has 4 atom stereocenters. The summed E-state index contributed by atoms with van der Waals surface area (Å²) in [6.07, 6.45) is 5.99. The van der Waals surface area contributed by atoms with Crippen molar-refractivity contribution in [1.29, 1.82) is 0 Å². The van der Waals surface area contributed by atoms with Crippen molar-refractivity contribution in [2.24, 2.45) is 23.2 Å². The summed E-state index contributed by atoms with van der Waals surface area (Å²) in [6, 6.07) is 0.0919. The first-order chi connectivity index (χ1) is 10.5. The molecule has 2 rings (SSSR count). The molecule has 0 spiro atoms. The molecule has 2 amide bonds. The average molecular weight is 322 g/mol. The summed E-state index contributed by atoms with van der Waals surface area (Å²) in [5.41, 5.74) is -0.286. The van der Waals surface area contributed by atoms with E-state index in [1.165, 1.54) is 25.7 Å². The number of nitrogens with one attached hydrogen (secondary N) is 2. The van der Waals surface area contributed by atoms with Gasteiger partial charge < -0.3 is 10.6 Å². The quantitative estimate of drug-likeness (QED) is 0.781. The Labute approximate surface area is 141 Å². The molecule has 4 unspecified atom stereocenters. The summed E-state index contributed by atoms with van der Waals surface area (Å²) in [6.45, 7) is 12.4. The van der Waals surface area contributed by atoms with Gasteiger partial charge in [-0.3, -0.25) is 9.59 Å². The lowest BCUT2D eigenvalue weighted by atomic mass is 9.82. The molecule has 0 aromatic heterocycles. The molecule has 4 heteroatoms. The predicted octanol–water partition coefficient (Wildman–Crippen LogP) is 3.26. The fourth-order valence-electron chi connectivity index (χ4n) is 5.02. The maximum atomic E-state index is 12.2. The molecule has 2 fully saturated rings. The van der Waals surface area contributed by atoms with Crippen LogP contribution in [-0.4, -0.2) is 23.4 Å². The van der Waals surface area contributed by atoms with Crippen LogP contribution >= 0.6 is 0 Å². The van der Waals surface area contributed by atoms with Gasteiger partial charge in [-0.25, -0.2) is 0 Å². The third kappa shape index (κ3) is 4.95. The average Bonchev–Trinajstić information content (AvgIpc) is 2.96. The van der Waals surface area contributed by atoms with Gasteiger partial charge >= 0.3 is 11.8 Å². The largest absolute Gasteiger partial charge is 0.345 e. The van der Waals surface area contributed by atoms with E-state index >= 15 is 0 Å². The summed E-state index contributed by atoms with van der Waals surface area (Å²) < 4.78 is 0. The predicted molar refractivity (Wildman–Crippen MR) is 92.8 cm³/mol. The topological polar surface area (TPSA) is 58.2 Å². The molecule has 2 N–H and O–H groups in total. The van der Waals surface area contributed by atoms with E-state index in [0.717, 1.165) is 18.3 Å². The van der Waals surface area contributed by atoms with E-state index in [1.807, 2.05) is 13.8 Å². The van der Waals surface area contributed by atoms with Gasteiger partial charge in [-0.05, 0) is 69.6 Å². The van der Waals surface area contributed by atoms with Crippen LogP contribution < -0.4 is 10.6 Å². The summed E-state index contributed by atoms with van der Waals surface area (Å²) in [5, 5.41) is 5.83. The van der Waals surface area contributed by atoms with E-state index in [9.17, 15) is 9.59 Å². The number of fused-ring (bicyclic) bond motifs is 2. The van der Waals surface area contributed by atoms with Crippen LogP contribution in [0.2, 0.25) is 0 Å². The zero-order chi connectivity index (χ0) is 17.4. The molecule has 2 saturated carbocycles. The minimum Gasteiger partial charge on any atom is -0.345 e. The number of carbonyl (C=O) groups excluding carboxylic acids is 2. The molecular weight excluding hydrogens is 288 g/mol. The SMILES string of the molecule is CC(NC(=O)C(=O)NC(C)(C)CC(C)(C)C)C1CC2CCC1C2. The first kappa shape index (κ1) is 18.3. The highest BCUT2D eigenvalue weighted by atomic mass is 16.2. The number of carbonyl (C=O) groups is 2. The van der Waals surface area contributed by atoms with Crippen molar-refractivity contribution in [3.8, 4) is 0 Å². The van der Waals surface area contributed by atoms with E-state index in [1.54, 1.807) is 0 Å². The Morgan fingerprint density at radius 3 is 2.17 bits per heavy atom. The molecule has 0 aromatic carbocycles. The van der Waals surface area contributed by atoms with Crippen LogP contribution in [0.3, 0.4) is 0 Å². The monoisotopic (exact) mass is 322 g/mol. The van der Waals surface area contributed by atoms with Gasteiger partial charge in [-0.15, -0.1) is 0 Å². The van der Waals surface area contributed by atoms with Gasteiger partial charge in [-0.1, -0.05) is 27.2 Å². The van der Waals surface area contributed by atoms with Gasteiger partial charge in [0, 0.05) is 11.6 Å². The van der Waals surface area contributed by atoms with Gasteiger partial charge in [0.2, 0.25) is 0 Å². The van der Waals surface area contributed by atoms with Crippen LogP contribution in [0.1, 0.15) is 73.6 Å². The van der Waals surface area contributed by atoms with Crippen molar-refractivity contribution in [2.45, 2.75) is 85.2 Å². The third-order valence-electron chi connectivity index (χ3n) is 5.42. The second kappa shape index (κ2) is 6.45. The lowest BCUT2D eigenvalue weighted by molar-refractivity contribution is -0.141. The van der Waals surface area contributed by atoms with Crippen LogP contribution in [0.5, 0.6) is 0 Å². The second-order valence-corrected chi connectivity index (χ2v) is 9.68. The Morgan fingerprint density at radius 1 is 1.04 bits per heavy atom. The van der Waals surface area contributed by atoms with Crippen LogP contribution in [0.15, 0.2) is 0 Å². The Kier molecular flexibility index (Phi) is 5.12. The molecule has 2 aliphatic carbocycles. The lowest BCUT2D eigenvalue weighted by Crippen LogP contribution is -2.53. The number of hydrogen-bond acceptors (Lipinski definition) is 2. The van der Waals surface area contributed by atoms with Crippen molar-refractivity contribution in [2.75, 3.05) is 0 Å². The Bertz CT molecular complexity index is 464. The molecule has 2 aliphatic rings. The molecule has 132 valence electrons. The molecule has 2 bridgehead atoms. The first-order valence-corrected chi connectivity index (χ1v) is 9.10. The molecule has 0 aromatic rings. The summed E-state index contributed by atoms with van der Waals surface area (Å²) in [5.74, 6) is 1.16. The van der Waals surface area contributed by atoms with Crippen molar-refractivity contribution in [1.82, 2.24) is 10.6 Å². The zero-order valence-electron chi connectivity index (χ0n) is 15.7. The molecule has 0 saturated heterocycles. The molecule has 0 radical (unpaired) electrons.